The molecule has 1 aliphatic heterocycles. The zero-order chi connectivity index (χ0) is 23.4. The third kappa shape index (κ3) is 3.58. The van der Waals surface area contributed by atoms with E-state index in [2.05, 4.69) is 53.3 Å². The van der Waals surface area contributed by atoms with E-state index in [0.29, 0.717) is 6.42 Å². The highest BCUT2D eigenvalue weighted by molar-refractivity contribution is 7.15. The van der Waals surface area contributed by atoms with Crippen molar-refractivity contribution in [3.63, 3.8) is 0 Å². The first-order chi connectivity index (χ1) is 16.5. The molecule has 0 radical (unpaired) electrons. The number of thiophene rings is 1. The maximum atomic E-state index is 13.7. The van der Waals surface area contributed by atoms with Crippen molar-refractivity contribution < 1.29 is 14.7 Å². The Labute approximate surface area is 204 Å². The van der Waals surface area contributed by atoms with Crippen LogP contribution in [0.15, 0.2) is 36.5 Å². The molecule has 5 nitrogen and oxygen atoms in total. The molecule has 3 unspecified atom stereocenters. The third-order valence-electron chi connectivity index (χ3n) is 8.63. The number of nitrogens with zero attached hydrogens (tertiary/aromatic N) is 1. The van der Waals surface area contributed by atoms with E-state index in [4.69, 9.17) is 0 Å². The molecule has 2 aliphatic carbocycles. The second-order valence-electron chi connectivity index (χ2n) is 10.6. The Morgan fingerprint density at radius 3 is 2.74 bits per heavy atom. The first-order valence-electron chi connectivity index (χ1n) is 12.7. The van der Waals surface area contributed by atoms with Gasteiger partial charge >= 0.3 is 5.97 Å². The molecule has 1 saturated heterocycles. The summed E-state index contributed by atoms with van der Waals surface area (Å²) >= 11 is 1.81. The first-order valence-corrected chi connectivity index (χ1v) is 13.5. The van der Waals surface area contributed by atoms with E-state index in [-0.39, 0.29) is 29.2 Å². The van der Waals surface area contributed by atoms with Gasteiger partial charge in [-0.3, -0.25) is 9.59 Å². The molecule has 0 spiro atoms. The van der Waals surface area contributed by atoms with Crippen molar-refractivity contribution >= 4 is 34.1 Å². The SMILES string of the molecule is Cc1ccc(-c2cccc3[nH]cc(C4(CC(=O)N5CCCC6C(C(=O)O)CCCC65)CC4)c23)s1. The third-order valence-corrected chi connectivity index (χ3v) is 9.66. The summed E-state index contributed by atoms with van der Waals surface area (Å²) in [5.41, 5.74) is 3.55. The lowest BCUT2D eigenvalue weighted by Crippen LogP contribution is -2.53. The Morgan fingerprint density at radius 2 is 2.00 bits per heavy atom. The summed E-state index contributed by atoms with van der Waals surface area (Å²) in [5.74, 6) is -0.648. The number of rotatable bonds is 5. The smallest absolute Gasteiger partial charge is 0.306 e. The number of likely N-dealkylation sites (tertiary alicyclic amines) is 1. The Hall–Kier alpha value is -2.60. The second-order valence-corrected chi connectivity index (χ2v) is 11.9. The van der Waals surface area contributed by atoms with Gasteiger partial charge in [-0.1, -0.05) is 18.6 Å². The molecule has 3 atom stereocenters. The summed E-state index contributed by atoms with van der Waals surface area (Å²) in [5, 5.41) is 11.0. The van der Waals surface area contributed by atoms with Crippen LogP contribution in [0.25, 0.3) is 21.3 Å². The lowest BCUT2D eigenvalue weighted by molar-refractivity contribution is -0.152. The van der Waals surface area contributed by atoms with E-state index < -0.39 is 5.97 Å². The number of aromatic nitrogens is 1. The van der Waals surface area contributed by atoms with Gasteiger partial charge in [0.2, 0.25) is 5.91 Å². The van der Waals surface area contributed by atoms with Crippen molar-refractivity contribution in [3.8, 4) is 10.4 Å². The van der Waals surface area contributed by atoms with Gasteiger partial charge in [-0.15, -0.1) is 11.3 Å². The summed E-state index contributed by atoms with van der Waals surface area (Å²) in [6.45, 7) is 2.91. The fourth-order valence-electron chi connectivity index (χ4n) is 6.77. The molecule has 2 aromatic heterocycles. The van der Waals surface area contributed by atoms with E-state index in [1.54, 1.807) is 0 Å². The van der Waals surface area contributed by atoms with Gasteiger partial charge in [-0.05, 0) is 75.1 Å². The number of carboxylic acids is 1. The highest BCUT2D eigenvalue weighted by Crippen LogP contribution is 2.55. The largest absolute Gasteiger partial charge is 0.481 e. The number of aliphatic carboxylic acids is 1. The van der Waals surface area contributed by atoms with E-state index in [1.165, 1.54) is 26.3 Å². The molecule has 0 bridgehead atoms. The molecule has 3 aromatic rings. The molecule has 1 amide bonds. The number of carboxylic acid groups (broad SMARTS) is 1. The van der Waals surface area contributed by atoms with Crippen LogP contribution in [0.2, 0.25) is 0 Å². The number of amides is 1. The van der Waals surface area contributed by atoms with Crippen LogP contribution in [-0.2, 0) is 15.0 Å². The van der Waals surface area contributed by atoms with Crippen LogP contribution in [0.1, 0.15) is 61.8 Å². The summed E-state index contributed by atoms with van der Waals surface area (Å²) in [4.78, 5) is 33.7. The number of hydrogen-bond acceptors (Lipinski definition) is 3. The van der Waals surface area contributed by atoms with Gasteiger partial charge < -0.3 is 15.0 Å². The van der Waals surface area contributed by atoms with E-state index in [9.17, 15) is 14.7 Å². The minimum absolute atomic E-state index is 0.0968. The van der Waals surface area contributed by atoms with Gasteiger partial charge in [0.15, 0.2) is 0 Å². The minimum Gasteiger partial charge on any atom is -0.481 e. The number of nitrogens with one attached hydrogen (secondary N) is 1. The zero-order valence-electron chi connectivity index (χ0n) is 19.7. The highest BCUT2D eigenvalue weighted by Gasteiger charge is 2.50. The fourth-order valence-corrected chi connectivity index (χ4v) is 7.67. The van der Waals surface area contributed by atoms with Crippen LogP contribution in [0.5, 0.6) is 0 Å². The summed E-state index contributed by atoms with van der Waals surface area (Å²) in [6.07, 6.45) is 9.17. The quantitative estimate of drug-likeness (QED) is 0.466. The van der Waals surface area contributed by atoms with Gasteiger partial charge in [0.05, 0.1) is 5.92 Å². The monoisotopic (exact) mass is 476 g/mol. The van der Waals surface area contributed by atoms with Crippen LogP contribution in [-0.4, -0.2) is 39.5 Å². The standard InChI is InChI=1S/C28H32N2O3S/c1-17-10-11-24(34-17)20-6-2-8-22-26(20)21(16-29-22)28(12-13-28)15-25(31)30-14-4-7-18-19(27(32)33)5-3-9-23(18)30/h2,6,8,10-11,16,18-19,23,29H,3-5,7,9,12-15H2,1H3,(H,32,33). The van der Waals surface area contributed by atoms with Gasteiger partial charge in [-0.2, -0.15) is 0 Å². The van der Waals surface area contributed by atoms with Gasteiger partial charge in [0.1, 0.15) is 0 Å². The number of hydrogen-bond donors (Lipinski definition) is 2. The molecule has 2 N–H and O–H groups in total. The zero-order valence-corrected chi connectivity index (χ0v) is 20.5. The topological polar surface area (TPSA) is 73.4 Å². The first kappa shape index (κ1) is 21.9. The van der Waals surface area contributed by atoms with E-state index in [0.717, 1.165) is 57.0 Å². The van der Waals surface area contributed by atoms with Crippen molar-refractivity contribution in [3.05, 3.63) is 47.0 Å². The van der Waals surface area contributed by atoms with E-state index in [1.807, 2.05) is 11.3 Å². The van der Waals surface area contributed by atoms with Crippen LogP contribution >= 0.6 is 11.3 Å². The summed E-state index contributed by atoms with van der Waals surface area (Å²) < 4.78 is 0. The number of carbonyl (C=O) groups excluding carboxylic acids is 1. The molecule has 3 heterocycles. The van der Waals surface area contributed by atoms with Crippen molar-refractivity contribution in [1.29, 1.82) is 0 Å². The Morgan fingerprint density at radius 1 is 1.15 bits per heavy atom. The predicted octanol–water partition coefficient (Wildman–Crippen LogP) is 6.12. The van der Waals surface area contributed by atoms with Crippen LogP contribution < -0.4 is 0 Å². The number of H-pyrrole nitrogens is 1. The number of piperidine rings is 1. The fraction of sp³-hybridized carbons (Fsp3) is 0.500. The average molecular weight is 477 g/mol. The molecule has 34 heavy (non-hydrogen) atoms. The number of aryl methyl sites for hydroxylation is 1. The molecular formula is C28H32N2O3S. The lowest BCUT2D eigenvalue weighted by Gasteiger charge is -2.46. The van der Waals surface area contributed by atoms with Crippen molar-refractivity contribution in [2.45, 2.75) is 69.7 Å². The molecule has 3 fully saturated rings. The van der Waals surface area contributed by atoms with Crippen molar-refractivity contribution in [1.82, 2.24) is 9.88 Å². The van der Waals surface area contributed by atoms with Gasteiger partial charge in [0.25, 0.3) is 0 Å². The Kier molecular flexibility index (Phi) is 5.32. The van der Waals surface area contributed by atoms with Crippen LogP contribution in [0.4, 0.5) is 0 Å². The molecule has 2 saturated carbocycles. The molecular weight excluding hydrogens is 444 g/mol. The Bertz CT molecular complexity index is 1250. The number of carbonyl (C=O) groups is 2. The van der Waals surface area contributed by atoms with Crippen LogP contribution in [0.3, 0.4) is 0 Å². The number of fused-ring (bicyclic) bond motifs is 2. The van der Waals surface area contributed by atoms with Crippen molar-refractivity contribution in [2.75, 3.05) is 6.54 Å². The van der Waals surface area contributed by atoms with Gasteiger partial charge in [-0.25, -0.2) is 0 Å². The van der Waals surface area contributed by atoms with Crippen LogP contribution in [0, 0.1) is 18.8 Å². The molecule has 6 heteroatoms. The summed E-state index contributed by atoms with van der Waals surface area (Å²) in [6, 6.07) is 10.9. The highest BCUT2D eigenvalue weighted by atomic mass is 32.1. The molecule has 6 rings (SSSR count). The molecule has 178 valence electrons. The lowest BCUT2D eigenvalue weighted by atomic mass is 9.71. The molecule has 1 aromatic carbocycles. The minimum atomic E-state index is -0.683. The number of benzene rings is 1. The van der Waals surface area contributed by atoms with Crippen molar-refractivity contribution in [2.24, 2.45) is 11.8 Å². The predicted molar refractivity (Wildman–Crippen MR) is 135 cm³/mol. The molecule has 3 aliphatic rings. The maximum Gasteiger partial charge on any atom is 0.306 e. The Balaban J connectivity index is 1.30. The number of aromatic amines is 1. The summed E-state index contributed by atoms with van der Waals surface area (Å²) in [7, 11) is 0. The van der Waals surface area contributed by atoms with E-state index >= 15 is 0 Å². The normalized spacial score (nSPS) is 25.8. The maximum absolute atomic E-state index is 13.7. The average Bonchev–Trinajstić information content (AvgIpc) is 3.25. The second kappa shape index (κ2) is 8.26. The van der Waals surface area contributed by atoms with Gasteiger partial charge in [0, 0.05) is 56.8 Å².